The van der Waals surface area contributed by atoms with Crippen LogP contribution >= 0.6 is 0 Å². The number of hydrogen-bond acceptors (Lipinski definition) is 3. The summed E-state index contributed by atoms with van der Waals surface area (Å²) in [6.07, 6.45) is 14.6. The van der Waals surface area contributed by atoms with Gasteiger partial charge in [0.15, 0.2) is 0 Å². The number of carbonyl (C=O) groups is 2. The van der Waals surface area contributed by atoms with E-state index in [-0.39, 0.29) is 12.3 Å². The second-order valence-electron chi connectivity index (χ2n) is 6.27. The lowest BCUT2D eigenvalue weighted by Gasteiger charge is -2.08. The Bertz CT molecular complexity index is 292. The third-order valence-corrected chi connectivity index (χ3v) is 4.04. The molecule has 0 aromatic carbocycles. The number of hydrogen-bond donors (Lipinski definition) is 2. The minimum absolute atomic E-state index is 0.115. The minimum Gasteiger partial charge on any atom is -0.480 e. The van der Waals surface area contributed by atoms with Gasteiger partial charge < -0.3 is 5.11 Å². The Morgan fingerprint density at radius 2 is 1.32 bits per heavy atom. The molecule has 0 spiro atoms. The third-order valence-electron chi connectivity index (χ3n) is 4.04. The van der Waals surface area contributed by atoms with Gasteiger partial charge in [-0.15, -0.1) is 0 Å². The Balaban J connectivity index is 3.25. The van der Waals surface area contributed by atoms with Gasteiger partial charge in [-0.2, -0.15) is 0 Å². The van der Waals surface area contributed by atoms with Gasteiger partial charge in [-0.1, -0.05) is 71.1 Å². The van der Waals surface area contributed by atoms with Crippen molar-refractivity contribution in [2.45, 2.75) is 96.9 Å². The van der Waals surface area contributed by atoms with Crippen LogP contribution in [-0.4, -0.2) is 29.4 Å². The molecule has 0 fully saturated rings. The van der Waals surface area contributed by atoms with Gasteiger partial charge in [0.05, 0.1) is 6.54 Å². The van der Waals surface area contributed by atoms with E-state index >= 15 is 0 Å². The molecule has 0 aliphatic heterocycles. The first-order valence-electron chi connectivity index (χ1n) is 9.05. The highest BCUT2D eigenvalue weighted by molar-refractivity contribution is 5.81. The Hall–Kier alpha value is -0.900. The molecule has 4 heteroatoms. The van der Waals surface area contributed by atoms with Crippen LogP contribution in [0.2, 0.25) is 0 Å². The van der Waals surface area contributed by atoms with Crippen molar-refractivity contribution >= 4 is 11.8 Å². The highest BCUT2D eigenvalue weighted by Gasteiger charge is 2.11. The summed E-state index contributed by atoms with van der Waals surface area (Å²) in [6, 6.07) is -0.652. The maximum absolute atomic E-state index is 11.6. The van der Waals surface area contributed by atoms with E-state index in [1.54, 1.807) is 6.92 Å². The van der Waals surface area contributed by atoms with E-state index < -0.39 is 12.0 Å². The van der Waals surface area contributed by atoms with Crippen molar-refractivity contribution < 1.29 is 14.7 Å². The summed E-state index contributed by atoms with van der Waals surface area (Å²) in [6.45, 7) is 3.97. The van der Waals surface area contributed by atoms with Crippen molar-refractivity contribution in [3.05, 3.63) is 0 Å². The summed E-state index contributed by atoms with van der Waals surface area (Å²) in [7, 11) is 0. The molecule has 0 aromatic heterocycles. The summed E-state index contributed by atoms with van der Waals surface area (Å²) in [5.74, 6) is -0.800. The van der Waals surface area contributed by atoms with Crippen LogP contribution in [0.1, 0.15) is 90.9 Å². The molecule has 4 nitrogen and oxygen atoms in total. The Morgan fingerprint density at radius 1 is 0.864 bits per heavy atom. The van der Waals surface area contributed by atoms with Gasteiger partial charge in [-0.05, 0) is 13.3 Å². The Labute approximate surface area is 136 Å². The summed E-state index contributed by atoms with van der Waals surface area (Å²) in [4.78, 5) is 22.2. The SMILES string of the molecule is CCCCCCCCCCCCCC(=O)CN[C@@H](C)C(=O)O. The minimum atomic E-state index is -0.914. The number of carboxylic acid groups (broad SMARTS) is 1. The highest BCUT2D eigenvalue weighted by atomic mass is 16.4. The lowest BCUT2D eigenvalue weighted by Crippen LogP contribution is -2.37. The molecule has 0 saturated carbocycles. The molecular formula is C18H35NO3. The molecule has 0 saturated heterocycles. The maximum Gasteiger partial charge on any atom is 0.320 e. The molecule has 0 unspecified atom stereocenters. The van der Waals surface area contributed by atoms with Crippen molar-refractivity contribution in [2.24, 2.45) is 0 Å². The van der Waals surface area contributed by atoms with Crippen molar-refractivity contribution in [2.75, 3.05) is 6.54 Å². The first kappa shape index (κ1) is 21.1. The second-order valence-corrected chi connectivity index (χ2v) is 6.27. The van der Waals surface area contributed by atoms with Gasteiger partial charge in [0.1, 0.15) is 11.8 Å². The highest BCUT2D eigenvalue weighted by Crippen LogP contribution is 2.11. The molecule has 1 atom stereocenters. The van der Waals surface area contributed by atoms with Crippen molar-refractivity contribution in [1.29, 1.82) is 0 Å². The third kappa shape index (κ3) is 14.1. The first-order chi connectivity index (χ1) is 10.6. The van der Waals surface area contributed by atoms with Crippen molar-refractivity contribution in [3.8, 4) is 0 Å². The fourth-order valence-electron chi connectivity index (χ4n) is 2.43. The zero-order chi connectivity index (χ0) is 16.6. The lowest BCUT2D eigenvalue weighted by molar-refractivity contribution is -0.139. The van der Waals surface area contributed by atoms with E-state index in [9.17, 15) is 9.59 Å². The predicted octanol–water partition coefficient (Wildman–Crippen LogP) is 4.32. The summed E-state index contributed by atoms with van der Waals surface area (Å²) >= 11 is 0. The number of ketones is 1. The molecule has 0 heterocycles. The van der Waals surface area contributed by atoms with Crippen LogP contribution in [0.25, 0.3) is 0 Å². The van der Waals surface area contributed by atoms with Gasteiger partial charge in [0.25, 0.3) is 0 Å². The Morgan fingerprint density at radius 3 is 1.77 bits per heavy atom. The van der Waals surface area contributed by atoms with Crippen LogP contribution in [0.5, 0.6) is 0 Å². The smallest absolute Gasteiger partial charge is 0.320 e. The number of aliphatic carboxylic acids is 1. The monoisotopic (exact) mass is 313 g/mol. The van der Waals surface area contributed by atoms with Gasteiger partial charge in [-0.3, -0.25) is 14.9 Å². The average Bonchev–Trinajstić information content (AvgIpc) is 2.50. The van der Waals surface area contributed by atoms with Crippen molar-refractivity contribution in [1.82, 2.24) is 5.32 Å². The molecule has 0 bridgehead atoms. The van der Waals surface area contributed by atoms with Crippen LogP contribution in [0.3, 0.4) is 0 Å². The van der Waals surface area contributed by atoms with Crippen LogP contribution < -0.4 is 5.32 Å². The van der Waals surface area contributed by atoms with E-state index in [2.05, 4.69) is 12.2 Å². The predicted molar refractivity (Wildman–Crippen MR) is 91.2 cm³/mol. The van der Waals surface area contributed by atoms with E-state index in [1.165, 1.54) is 57.8 Å². The lowest BCUT2D eigenvalue weighted by atomic mass is 10.0. The van der Waals surface area contributed by atoms with Crippen LogP contribution in [0, 0.1) is 0 Å². The van der Waals surface area contributed by atoms with Crippen LogP contribution in [-0.2, 0) is 9.59 Å². The quantitative estimate of drug-likeness (QED) is 0.416. The second kappa shape index (κ2) is 15.0. The zero-order valence-corrected chi connectivity index (χ0v) is 14.5. The Kier molecular flexibility index (Phi) is 14.4. The molecule has 0 radical (unpaired) electrons. The summed E-state index contributed by atoms with van der Waals surface area (Å²) < 4.78 is 0. The molecule has 0 rings (SSSR count). The number of nitrogens with one attached hydrogen (secondary N) is 1. The van der Waals surface area contributed by atoms with Crippen LogP contribution in [0.4, 0.5) is 0 Å². The topological polar surface area (TPSA) is 66.4 Å². The number of carbonyl (C=O) groups excluding carboxylic acids is 1. The van der Waals surface area contributed by atoms with E-state index in [4.69, 9.17) is 5.11 Å². The van der Waals surface area contributed by atoms with E-state index in [0.29, 0.717) is 6.42 Å². The zero-order valence-electron chi connectivity index (χ0n) is 14.5. The molecule has 0 aliphatic rings. The standard InChI is InChI=1S/C18H35NO3/c1-3-4-5-6-7-8-9-10-11-12-13-14-17(20)15-19-16(2)18(21)22/h16,19H,3-15H2,1-2H3,(H,21,22)/t16-/m0/s1. The normalized spacial score (nSPS) is 12.3. The average molecular weight is 313 g/mol. The molecule has 22 heavy (non-hydrogen) atoms. The first-order valence-corrected chi connectivity index (χ1v) is 9.05. The van der Waals surface area contributed by atoms with E-state index in [0.717, 1.165) is 12.8 Å². The summed E-state index contributed by atoms with van der Waals surface area (Å²) in [5.41, 5.74) is 0. The van der Waals surface area contributed by atoms with Gasteiger partial charge in [0.2, 0.25) is 0 Å². The number of Topliss-reactive ketones (excluding diaryl/α,β-unsaturated/α-hetero) is 1. The van der Waals surface area contributed by atoms with Crippen LogP contribution in [0.15, 0.2) is 0 Å². The largest absolute Gasteiger partial charge is 0.480 e. The van der Waals surface area contributed by atoms with Crippen molar-refractivity contribution in [3.63, 3.8) is 0 Å². The maximum atomic E-state index is 11.6. The number of rotatable bonds is 16. The molecule has 2 N–H and O–H groups in total. The fourth-order valence-corrected chi connectivity index (χ4v) is 2.43. The molecule has 0 amide bonds. The number of carboxylic acids is 1. The van der Waals surface area contributed by atoms with Gasteiger partial charge in [0, 0.05) is 6.42 Å². The van der Waals surface area contributed by atoms with Gasteiger partial charge >= 0.3 is 5.97 Å². The fraction of sp³-hybridized carbons (Fsp3) is 0.889. The van der Waals surface area contributed by atoms with Gasteiger partial charge in [-0.25, -0.2) is 0 Å². The van der Waals surface area contributed by atoms with E-state index in [1.807, 2.05) is 0 Å². The molecule has 0 aromatic rings. The molecular weight excluding hydrogens is 278 g/mol. The summed E-state index contributed by atoms with van der Waals surface area (Å²) in [5, 5.41) is 11.4. The number of unbranched alkanes of at least 4 members (excludes halogenated alkanes) is 10. The molecule has 130 valence electrons. The molecule has 0 aliphatic carbocycles.